The van der Waals surface area contributed by atoms with Gasteiger partial charge in [-0.1, -0.05) is 136 Å². The minimum atomic E-state index is -1.66. The molecule has 0 amide bonds. The summed E-state index contributed by atoms with van der Waals surface area (Å²) in [6.45, 7) is 8.06. The average Bonchev–Trinajstić information content (AvgIpc) is 2.72. The molecule has 1 N–H and O–H groups in total. The van der Waals surface area contributed by atoms with E-state index >= 15 is 0 Å². The summed E-state index contributed by atoms with van der Waals surface area (Å²) in [4.78, 5) is 9.74. The highest BCUT2D eigenvalue weighted by Gasteiger charge is 2.06. The van der Waals surface area contributed by atoms with Crippen molar-refractivity contribution in [1.82, 2.24) is 0 Å². The molecule has 0 aliphatic heterocycles. The third-order valence-electron chi connectivity index (χ3n) is 5.83. The lowest BCUT2D eigenvalue weighted by Crippen LogP contribution is -1.96. The maximum Gasteiger partial charge on any atom is 0.329 e. The second-order valence-electron chi connectivity index (χ2n) is 9.45. The highest BCUT2D eigenvalue weighted by molar-refractivity contribution is 7.40. The highest BCUT2D eigenvalue weighted by Crippen LogP contribution is 2.33. The van der Waals surface area contributed by atoms with Crippen LogP contribution in [0.4, 0.5) is 0 Å². The van der Waals surface area contributed by atoms with E-state index in [1.54, 1.807) is 0 Å². The summed E-state index contributed by atoms with van der Waals surface area (Å²) in [5, 5.41) is 0. The van der Waals surface area contributed by atoms with E-state index < -0.39 is 8.60 Å². The van der Waals surface area contributed by atoms with E-state index in [2.05, 4.69) is 20.8 Å². The minimum absolute atomic E-state index is 0.624. The lowest BCUT2D eigenvalue weighted by molar-refractivity contribution is 0.193. The van der Waals surface area contributed by atoms with Gasteiger partial charge in [-0.15, -0.1) is 0 Å². The molecule has 0 bridgehead atoms. The molecule has 0 aliphatic rings. The summed E-state index contributed by atoms with van der Waals surface area (Å²) in [5.41, 5.74) is 0. The van der Waals surface area contributed by atoms with Crippen molar-refractivity contribution >= 4 is 8.60 Å². The lowest BCUT2D eigenvalue weighted by atomic mass is 10.0. The van der Waals surface area contributed by atoms with Crippen LogP contribution in [0, 0.1) is 5.92 Å². The fraction of sp³-hybridized carbons (Fsp3) is 1.00. The molecular weight excluding hydrogens is 391 g/mol. The van der Waals surface area contributed by atoms with Gasteiger partial charge in [0.05, 0.1) is 13.2 Å². The van der Waals surface area contributed by atoms with Crippen LogP contribution in [0.5, 0.6) is 0 Å². The Balaban J connectivity index is 3.11. The molecule has 0 aromatic rings. The first-order chi connectivity index (χ1) is 14.7. The molecule has 4 heteroatoms. The van der Waals surface area contributed by atoms with Gasteiger partial charge in [-0.3, -0.25) is 0 Å². The molecule has 0 fully saturated rings. The Hall–Kier alpha value is 0.310. The van der Waals surface area contributed by atoms with E-state index in [4.69, 9.17) is 9.05 Å². The quantitative estimate of drug-likeness (QED) is 0.112. The zero-order chi connectivity index (χ0) is 22.1. The lowest BCUT2D eigenvalue weighted by Gasteiger charge is -2.11. The maximum atomic E-state index is 9.74. The largest absolute Gasteiger partial charge is 0.329 e. The molecule has 0 radical (unpaired) electrons. The summed E-state index contributed by atoms with van der Waals surface area (Å²) < 4.78 is 10.8. The molecule has 1 atom stereocenters. The number of unbranched alkanes of at least 4 members (excludes halogenated alkanes) is 17. The zero-order valence-electron chi connectivity index (χ0n) is 20.8. The number of hydrogen-bond donors (Lipinski definition) is 1. The monoisotopic (exact) mass is 446 g/mol. The van der Waals surface area contributed by atoms with Gasteiger partial charge in [0.1, 0.15) is 0 Å². The molecule has 0 saturated carbocycles. The van der Waals surface area contributed by atoms with Gasteiger partial charge in [0.2, 0.25) is 0 Å². The fourth-order valence-electron chi connectivity index (χ4n) is 3.80. The van der Waals surface area contributed by atoms with Gasteiger partial charge >= 0.3 is 8.60 Å². The Morgan fingerprint density at radius 2 is 0.867 bits per heavy atom. The molecule has 182 valence electrons. The molecule has 0 aromatic carbocycles. The van der Waals surface area contributed by atoms with Crippen LogP contribution in [0.2, 0.25) is 0 Å². The number of hydrogen-bond acceptors (Lipinski definition) is 3. The first-order valence-corrected chi connectivity index (χ1v) is 14.5. The third-order valence-corrected chi connectivity index (χ3v) is 6.63. The van der Waals surface area contributed by atoms with Crippen LogP contribution in [0.3, 0.4) is 0 Å². The molecular formula is C26H55O3P. The smallest absolute Gasteiger partial charge is 0.328 e. The summed E-state index contributed by atoms with van der Waals surface area (Å²) in [7, 11) is -1.66. The second kappa shape index (κ2) is 25.6. The first-order valence-electron chi connectivity index (χ1n) is 13.4. The molecule has 0 aliphatic carbocycles. The van der Waals surface area contributed by atoms with Crippen LogP contribution >= 0.6 is 8.60 Å². The summed E-state index contributed by atoms with van der Waals surface area (Å²) in [5.74, 6) is 0.781. The standard InChI is InChI=1S/C26H55O3P/c1-4-5-6-7-8-9-10-11-12-13-14-15-16-17-18-21-24-28-30(27)29-25-22-19-20-23-26(2)3/h26-27H,4-25H2,1-3H3. The van der Waals surface area contributed by atoms with E-state index in [0.29, 0.717) is 13.2 Å². The molecule has 0 saturated heterocycles. The minimum Gasteiger partial charge on any atom is -0.328 e. The van der Waals surface area contributed by atoms with Gasteiger partial charge in [-0.25, -0.2) is 0 Å². The van der Waals surface area contributed by atoms with Crippen molar-refractivity contribution in [3.8, 4) is 0 Å². The van der Waals surface area contributed by atoms with Crippen LogP contribution < -0.4 is 0 Å². The molecule has 3 nitrogen and oxygen atoms in total. The Morgan fingerprint density at radius 3 is 1.23 bits per heavy atom. The van der Waals surface area contributed by atoms with Gasteiger partial charge in [-0.05, 0) is 18.8 Å². The van der Waals surface area contributed by atoms with Crippen LogP contribution in [0.15, 0.2) is 0 Å². The number of rotatable bonds is 25. The van der Waals surface area contributed by atoms with Crippen molar-refractivity contribution in [3.05, 3.63) is 0 Å². The Kier molecular flexibility index (Phi) is 25.8. The predicted octanol–water partition coefficient (Wildman–Crippen LogP) is 9.72. The Bertz CT molecular complexity index is 313. The molecule has 0 heterocycles. The Morgan fingerprint density at radius 1 is 0.533 bits per heavy atom. The highest BCUT2D eigenvalue weighted by atomic mass is 31.2. The van der Waals surface area contributed by atoms with Crippen molar-refractivity contribution in [2.45, 2.75) is 149 Å². The van der Waals surface area contributed by atoms with Crippen molar-refractivity contribution in [1.29, 1.82) is 0 Å². The van der Waals surface area contributed by atoms with E-state index in [1.165, 1.54) is 116 Å². The van der Waals surface area contributed by atoms with Crippen molar-refractivity contribution < 1.29 is 13.9 Å². The second-order valence-corrected chi connectivity index (χ2v) is 10.4. The normalized spacial score (nSPS) is 12.7. The van der Waals surface area contributed by atoms with E-state index in [1.807, 2.05) is 0 Å². The van der Waals surface area contributed by atoms with E-state index in [-0.39, 0.29) is 0 Å². The van der Waals surface area contributed by atoms with Crippen LogP contribution in [0.25, 0.3) is 0 Å². The third kappa shape index (κ3) is 26.3. The topological polar surface area (TPSA) is 38.7 Å². The summed E-state index contributed by atoms with van der Waals surface area (Å²) in [6.07, 6.45) is 26.7. The van der Waals surface area contributed by atoms with Crippen molar-refractivity contribution in [3.63, 3.8) is 0 Å². The predicted molar refractivity (Wildman–Crippen MR) is 134 cm³/mol. The average molecular weight is 447 g/mol. The van der Waals surface area contributed by atoms with Gasteiger partial charge in [0, 0.05) is 0 Å². The van der Waals surface area contributed by atoms with Gasteiger partial charge in [-0.2, -0.15) is 0 Å². The zero-order valence-corrected chi connectivity index (χ0v) is 21.7. The van der Waals surface area contributed by atoms with Crippen molar-refractivity contribution in [2.75, 3.05) is 13.2 Å². The van der Waals surface area contributed by atoms with Gasteiger partial charge in [0.25, 0.3) is 0 Å². The van der Waals surface area contributed by atoms with Crippen LogP contribution in [0.1, 0.15) is 149 Å². The molecule has 0 aromatic heterocycles. The first kappa shape index (κ1) is 30.3. The molecule has 30 heavy (non-hydrogen) atoms. The summed E-state index contributed by atoms with van der Waals surface area (Å²) >= 11 is 0. The fourth-order valence-corrected chi connectivity index (χ4v) is 4.45. The van der Waals surface area contributed by atoms with Crippen LogP contribution in [-0.2, 0) is 9.05 Å². The molecule has 1 unspecified atom stereocenters. The van der Waals surface area contributed by atoms with E-state index in [0.717, 1.165) is 18.8 Å². The van der Waals surface area contributed by atoms with Gasteiger partial charge < -0.3 is 13.9 Å². The van der Waals surface area contributed by atoms with Crippen molar-refractivity contribution in [2.24, 2.45) is 5.92 Å². The maximum absolute atomic E-state index is 9.74. The summed E-state index contributed by atoms with van der Waals surface area (Å²) in [6, 6.07) is 0. The SMILES string of the molecule is CCCCCCCCCCCCCCCCCCOP(O)OCCCCCC(C)C. The Labute approximate surface area is 191 Å². The molecule has 0 rings (SSSR count). The van der Waals surface area contributed by atoms with E-state index in [9.17, 15) is 4.89 Å². The van der Waals surface area contributed by atoms with Gasteiger partial charge in [0.15, 0.2) is 0 Å². The van der Waals surface area contributed by atoms with Crippen LogP contribution in [-0.4, -0.2) is 18.1 Å². The molecule has 0 spiro atoms.